The second-order valence-corrected chi connectivity index (χ2v) is 5.31. The van der Waals surface area contributed by atoms with Gasteiger partial charge in [-0.15, -0.1) is 0 Å². The first-order valence-electron chi connectivity index (χ1n) is 7.96. The van der Waals surface area contributed by atoms with Gasteiger partial charge in [-0.1, -0.05) is 18.2 Å². The Kier molecular flexibility index (Phi) is 7.30. The summed E-state index contributed by atoms with van der Waals surface area (Å²) in [7, 11) is 1.31. The highest BCUT2D eigenvalue weighted by Crippen LogP contribution is 2.18. The zero-order valence-corrected chi connectivity index (χ0v) is 14.6. The molecule has 0 unspecified atom stereocenters. The predicted octanol–water partition coefficient (Wildman–Crippen LogP) is 1.76. The van der Waals surface area contributed by atoms with Gasteiger partial charge in [-0.2, -0.15) is 0 Å². The highest BCUT2D eigenvalue weighted by atomic mass is 19.1. The van der Waals surface area contributed by atoms with E-state index in [-0.39, 0.29) is 17.9 Å². The summed E-state index contributed by atoms with van der Waals surface area (Å²) < 4.78 is 28.3. The van der Waals surface area contributed by atoms with Crippen LogP contribution in [0.1, 0.15) is 10.4 Å². The molecule has 2 aromatic carbocycles. The molecular formula is C19H18FNO6. The number of nitrogens with one attached hydrogen (secondary N) is 1. The van der Waals surface area contributed by atoms with Crippen LogP contribution in [0.15, 0.2) is 48.5 Å². The highest BCUT2D eigenvalue weighted by Gasteiger charge is 2.13. The lowest BCUT2D eigenvalue weighted by atomic mass is 10.1. The molecule has 0 aliphatic heterocycles. The Morgan fingerprint density at radius 2 is 1.78 bits per heavy atom. The molecule has 7 nitrogen and oxygen atoms in total. The summed E-state index contributed by atoms with van der Waals surface area (Å²) in [4.78, 5) is 35.1. The fraction of sp³-hybridized carbons (Fsp3) is 0.211. The molecule has 0 aliphatic rings. The molecule has 0 fully saturated rings. The second-order valence-electron chi connectivity index (χ2n) is 5.31. The Morgan fingerprint density at radius 3 is 2.44 bits per heavy atom. The molecule has 1 N–H and O–H groups in total. The number of carbonyl (C=O) groups excluding carboxylic acids is 3. The molecule has 142 valence electrons. The lowest BCUT2D eigenvalue weighted by Gasteiger charge is -2.08. The molecule has 2 aromatic rings. The van der Waals surface area contributed by atoms with Crippen LogP contribution in [0.5, 0.6) is 11.5 Å². The molecule has 1 amide bonds. The van der Waals surface area contributed by atoms with Crippen molar-refractivity contribution in [2.24, 2.45) is 0 Å². The summed E-state index contributed by atoms with van der Waals surface area (Å²) in [5, 5.41) is 2.31. The normalized spacial score (nSPS) is 10.0. The number of para-hydroxylation sites is 1. The van der Waals surface area contributed by atoms with E-state index in [4.69, 9.17) is 14.2 Å². The number of Topliss-reactive ketones (excluding diaryl/α,β-unsaturated/α-hetero) is 1. The number of esters is 1. The summed E-state index contributed by atoms with van der Waals surface area (Å²) in [6.07, 6.45) is 0. The van der Waals surface area contributed by atoms with Crippen LogP contribution in [-0.2, 0) is 14.3 Å². The van der Waals surface area contributed by atoms with E-state index < -0.39 is 36.6 Å². The first-order valence-corrected chi connectivity index (χ1v) is 7.96. The molecule has 0 aromatic heterocycles. The number of amides is 1. The van der Waals surface area contributed by atoms with Gasteiger partial charge < -0.3 is 19.5 Å². The topological polar surface area (TPSA) is 90.9 Å². The molecule has 8 heteroatoms. The van der Waals surface area contributed by atoms with E-state index in [1.165, 1.54) is 19.2 Å². The summed E-state index contributed by atoms with van der Waals surface area (Å²) in [5.74, 6) is -2.06. The van der Waals surface area contributed by atoms with Gasteiger partial charge in [0, 0.05) is 5.56 Å². The quantitative estimate of drug-likeness (QED) is 0.530. The van der Waals surface area contributed by atoms with Gasteiger partial charge in [0.1, 0.15) is 12.3 Å². The third-order valence-electron chi connectivity index (χ3n) is 3.38. The molecule has 27 heavy (non-hydrogen) atoms. The monoisotopic (exact) mass is 375 g/mol. The van der Waals surface area contributed by atoms with Gasteiger partial charge in [0.05, 0.1) is 7.11 Å². The third-order valence-corrected chi connectivity index (χ3v) is 3.38. The number of ketones is 1. The summed E-state index contributed by atoms with van der Waals surface area (Å²) in [6.45, 7) is -1.25. The number of halogens is 1. The maximum absolute atomic E-state index is 13.6. The molecular weight excluding hydrogens is 357 g/mol. The molecule has 0 saturated heterocycles. The van der Waals surface area contributed by atoms with Gasteiger partial charge in [-0.05, 0) is 30.3 Å². The summed E-state index contributed by atoms with van der Waals surface area (Å²) in [5.41, 5.74) is 0.0430. The van der Waals surface area contributed by atoms with Crippen LogP contribution in [0.2, 0.25) is 0 Å². The van der Waals surface area contributed by atoms with Crippen LogP contribution in [0, 0.1) is 5.82 Å². The number of hydrogen-bond donors (Lipinski definition) is 1. The number of ether oxygens (including phenoxy) is 3. The first kappa shape index (κ1) is 19.9. The van der Waals surface area contributed by atoms with E-state index in [0.29, 0.717) is 5.75 Å². The number of rotatable bonds is 9. The van der Waals surface area contributed by atoms with Gasteiger partial charge in [-0.25, -0.2) is 4.39 Å². The Hall–Kier alpha value is -3.42. The largest absolute Gasteiger partial charge is 0.494 e. The fourth-order valence-corrected chi connectivity index (χ4v) is 2.01. The van der Waals surface area contributed by atoms with Crippen molar-refractivity contribution < 1.29 is 33.0 Å². The van der Waals surface area contributed by atoms with Crippen molar-refractivity contribution in [3.05, 3.63) is 59.9 Å². The van der Waals surface area contributed by atoms with Crippen LogP contribution in [0.25, 0.3) is 0 Å². The Labute approximate surface area is 155 Å². The highest BCUT2D eigenvalue weighted by molar-refractivity contribution is 5.98. The Morgan fingerprint density at radius 1 is 1.04 bits per heavy atom. The smallest absolute Gasteiger partial charge is 0.325 e. The van der Waals surface area contributed by atoms with E-state index in [1.807, 2.05) is 6.07 Å². The number of hydrogen-bond acceptors (Lipinski definition) is 6. The lowest BCUT2D eigenvalue weighted by Crippen LogP contribution is -2.34. The Bertz CT molecular complexity index is 809. The summed E-state index contributed by atoms with van der Waals surface area (Å²) in [6, 6.07) is 12.4. The van der Waals surface area contributed by atoms with Crippen molar-refractivity contribution in [1.82, 2.24) is 5.32 Å². The van der Waals surface area contributed by atoms with Gasteiger partial charge in [0.15, 0.2) is 30.6 Å². The third kappa shape index (κ3) is 6.43. The van der Waals surface area contributed by atoms with E-state index in [2.05, 4.69) is 5.32 Å². The maximum Gasteiger partial charge on any atom is 0.325 e. The zero-order valence-electron chi connectivity index (χ0n) is 14.6. The number of carbonyl (C=O) groups is 3. The number of benzene rings is 2. The standard InChI is InChI=1S/C19H18FNO6/c1-25-17-8-7-13(9-15(17)20)16(22)11-27-19(24)10-21-18(23)12-26-14-5-3-2-4-6-14/h2-9H,10-12H2,1H3,(H,21,23). The molecule has 0 aliphatic carbocycles. The van der Waals surface area contributed by atoms with E-state index in [1.54, 1.807) is 24.3 Å². The SMILES string of the molecule is COc1ccc(C(=O)COC(=O)CNC(=O)COc2ccccc2)cc1F. The molecule has 0 saturated carbocycles. The minimum atomic E-state index is -0.801. The van der Waals surface area contributed by atoms with Crippen molar-refractivity contribution in [2.75, 3.05) is 26.9 Å². The molecule has 0 spiro atoms. The minimum absolute atomic E-state index is 0.00368. The van der Waals surface area contributed by atoms with Crippen molar-refractivity contribution in [1.29, 1.82) is 0 Å². The van der Waals surface area contributed by atoms with Crippen molar-refractivity contribution >= 4 is 17.7 Å². The van der Waals surface area contributed by atoms with Crippen molar-refractivity contribution in [2.45, 2.75) is 0 Å². The van der Waals surface area contributed by atoms with Crippen LogP contribution in [0.4, 0.5) is 4.39 Å². The predicted molar refractivity (Wildman–Crippen MR) is 93.2 cm³/mol. The van der Waals surface area contributed by atoms with E-state index in [9.17, 15) is 18.8 Å². The molecule has 0 heterocycles. The van der Waals surface area contributed by atoms with E-state index >= 15 is 0 Å². The van der Waals surface area contributed by atoms with Crippen LogP contribution >= 0.6 is 0 Å². The van der Waals surface area contributed by atoms with Crippen LogP contribution in [-0.4, -0.2) is 44.5 Å². The Balaban J connectivity index is 1.70. The minimum Gasteiger partial charge on any atom is -0.494 e. The fourth-order valence-electron chi connectivity index (χ4n) is 2.01. The summed E-state index contributed by atoms with van der Waals surface area (Å²) >= 11 is 0. The van der Waals surface area contributed by atoms with Crippen LogP contribution in [0.3, 0.4) is 0 Å². The second kappa shape index (κ2) is 9.91. The lowest BCUT2D eigenvalue weighted by molar-refractivity contribution is -0.143. The zero-order chi connectivity index (χ0) is 19.6. The van der Waals surface area contributed by atoms with Crippen molar-refractivity contribution in [3.63, 3.8) is 0 Å². The first-order chi connectivity index (χ1) is 13.0. The van der Waals surface area contributed by atoms with Gasteiger partial charge in [-0.3, -0.25) is 14.4 Å². The van der Waals surface area contributed by atoms with Gasteiger partial charge >= 0.3 is 5.97 Å². The number of methoxy groups -OCH3 is 1. The van der Waals surface area contributed by atoms with Crippen LogP contribution < -0.4 is 14.8 Å². The molecule has 0 atom stereocenters. The average molecular weight is 375 g/mol. The van der Waals surface area contributed by atoms with Gasteiger partial charge in [0.25, 0.3) is 5.91 Å². The molecule has 2 rings (SSSR count). The maximum atomic E-state index is 13.6. The molecule has 0 radical (unpaired) electrons. The average Bonchev–Trinajstić information content (AvgIpc) is 2.69. The van der Waals surface area contributed by atoms with Gasteiger partial charge in [0.2, 0.25) is 0 Å². The van der Waals surface area contributed by atoms with E-state index in [0.717, 1.165) is 6.07 Å². The van der Waals surface area contributed by atoms with Crippen molar-refractivity contribution in [3.8, 4) is 11.5 Å². The molecule has 0 bridgehead atoms.